The summed E-state index contributed by atoms with van der Waals surface area (Å²) in [5.41, 5.74) is 0.179. The molecule has 0 aromatic carbocycles. The Morgan fingerprint density at radius 2 is 1.95 bits per heavy atom. The first-order valence-corrected chi connectivity index (χ1v) is 17.0. The van der Waals surface area contributed by atoms with Gasteiger partial charge >= 0.3 is 0 Å². The first-order valence-electron chi connectivity index (χ1n) is 15.5. The molecule has 7 rings (SSSR count). The van der Waals surface area contributed by atoms with Gasteiger partial charge in [-0.2, -0.15) is 8.42 Å². The molecule has 4 bridgehead atoms. The molecule has 3 fully saturated rings. The molecule has 2 aliphatic heterocycles. The molecule has 13 heteroatoms. The lowest BCUT2D eigenvalue weighted by atomic mass is 9.67. The quantitative estimate of drug-likeness (QED) is 0.386. The second-order valence-electron chi connectivity index (χ2n) is 13.4. The standard InChI is InChI=1S/C31H39N7O5S/c1-30(2)17-20-5-4-15-32-24-6-3-7-27(33-24)44(41,42)36-29(40)21-8-9-25(34-28(21)37(30)18-20)38-16-11-26(35-38)43-19-23(39)22-10-12-31(22)13-14-31/h3,6-9,11,16,20,22-23,39H,4-5,10,12-15,17-19H2,1-2H3,(H,32,33)(H,36,40)/t20-,22?,23+/m0/s1. The zero-order valence-corrected chi connectivity index (χ0v) is 25.9. The number of aliphatic hydroxyl groups is 1. The third-order valence-electron chi connectivity index (χ3n) is 9.94. The molecule has 4 aliphatic rings. The van der Waals surface area contributed by atoms with Crippen molar-refractivity contribution in [3.8, 4) is 11.7 Å². The molecule has 1 spiro atoms. The first-order chi connectivity index (χ1) is 21.0. The van der Waals surface area contributed by atoms with Crippen molar-refractivity contribution in [2.45, 2.75) is 75.5 Å². The molecular weight excluding hydrogens is 582 g/mol. The first kappa shape index (κ1) is 29.0. The highest BCUT2D eigenvalue weighted by Crippen LogP contribution is 2.65. The maximum Gasteiger partial charge on any atom is 0.281 e. The number of hydrogen-bond acceptors (Lipinski definition) is 10. The Hall–Kier alpha value is -3.71. The highest BCUT2D eigenvalue weighted by molar-refractivity contribution is 7.90. The van der Waals surface area contributed by atoms with E-state index in [1.54, 1.807) is 41.2 Å². The van der Waals surface area contributed by atoms with Gasteiger partial charge in [0.05, 0.1) is 11.7 Å². The van der Waals surface area contributed by atoms with Gasteiger partial charge in [0, 0.05) is 30.9 Å². The number of nitrogens with one attached hydrogen (secondary N) is 2. The van der Waals surface area contributed by atoms with Gasteiger partial charge in [-0.3, -0.25) is 4.79 Å². The topological polar surface area (TPSA) is 152 Å². The highest BCUT2D eigenvalue weighted by atomic mass is 32.2. The predicted molar refractivity (Wildman–Crippen MR) is 163 cm³/mol. The molecule has 234 valence electrons. The molecule has 1 unspecified atom stereocenters. The smallest absolute Gasteiger partial charge is 0.281 e. The number of carbonyl (C=O) groups excluding carboxylic acids is 1. The molecule has 12 nitrogen and oxygen atoms in total. The maximum absolute atomic E-state index is 13.6. The van der Waals surface area contributed by atoms with E-state index >= 15 is 0 Å². The van der Waals surface area contributed by atoms with Crippen molar-refractivity contribution >= 4 is 27.6 Å². The largest absolute Gasteiger partial charge is 0.474 e. The Balaban J connectivity index is 1.18. The Kier molecular flexibility index (Phi) is 7.07. The zero-order chi connectivity index (χ0) is 30.7. The number of anilines is 2. The number of sulfonamides is 1. The molecule has 1 saturated heterocycles. The van der Waals surface area contributed by atoms with E-state index in [4.69, 9.17) is 9.72 Å². The van der Waals surface area contributed by atoms with Gasteiger partial charge in [-0.1, -0.05) is 6.07 Å². The number of hydrogen-bond donors (Lipinski definition) is 3. The fourth-order valence-corrected chi connectivity index (χ4v) is 8.24. The normalized spacial score (nSPS) is 25.4. The van der Waals surface area contributed by atoms with Crippen LogP contribution in [0.1, 0.15) is 69.2 Å². The van der Waals surface area contributed by atoms with Gasteiger partial charge < -0.3 is 20.1 Å². The lowest BCUT2D eigenvalue weighted by molar-refractivity contribution is -0.0271. The fourth-order valence-electron chi connectivity index (χ4n) is 7.30. The summed E-state index contributed by atoms with van der Waals surface area (Å²) in [6.45, 7) is 5.76. The molecule has 3 aromatic rings. The van der Waals surface area contributed by atoms with Gasteiger partial charge in [0.2, 0.25) is 5.88 Å². The average molecular weight is 622 g/mol. The summed E-state index contributed by atoms with van der Waals surface area (Å²) in [4.78, 5) is 24.8. The van der Waals surface area contributed by atoms with Crippen molar-refractivity contribution in [1.29, 1.82) is 0 Å². The molecule has 3 N–H and O–H groups in total. The van der Waals surface area contributed by atoms with E-state index in [0.717, 1.165) is 25.7 Å². The van der Waals surface area contributed by atoms with Crippen LogP contribution in [0.4, 0.5) is 11.6 Å². The minimum Gasteiger partial charge on any atom is -0.474 e. The molecular formula is C31H39N7O5S. The van der Waals surface area contributed by atoms with Gasteiger partial charge in [0.1, 0.15) is 18.2 Å². The van der Waals surface area contributed by atoms with Crippen LogP contribution in [0.5, 0.6) is 5.88 Å². The number of nitrogens with zero attached hydrogens (tertiary/aromatic N) is 5. The summed E-state index contributed by atoms with van der Waals surface area (Å²) < 4.78 is 36.1. The van der Waals surface area contributed by atoms with Crippen LogP contribution < -0.4 is 19.7 Å². The number of rotatable bonds is 5. The van der Waals surface area contributed by atoms with E-state index in [0.29, 0.717) is 53.7 Å². The zero-order valence-electron chi connectivity index (χ0n) is 25.1. The van der Waals surface area contributed by atoms with E-state index in [9.17, 15) is 18.3 Å². The van der Waals surface area contributed by atoms with E-state index in [1.165, 1.54) is 25.3 Å². The summed E-state index contributed by atoms with van der Waals surface area (Å²) in [5, 5.41) is 18.2. The number of fused-ring (bicyclic) bond motifs is 6. The van der Waals surface area contributed by atoms with Crippen LogP contribution in [0, 0.1) is 17.3 Å². The van der Waals surface area contributed by atoms with Gasteiger partial charge in [-0.05, 0) is 100 Å². The number of carbonyl (C=O) groups is 1. The van der Waals surface area contributed by atoms with Crippen LogP contribution in [-0.4, -0.2) is 70.5 Å². The van der Waals surface area contributed by atoms with E-state index in [-0.39, 0.29) is 22.7 Å². The molecule has 3 aromatic heterocycles. The third-order valence-corrected chi connectivity index (χ3v) is 11.2. The second kappa shape index (κ2) is 10.7. The summed E-state index contributed by atoms with van der Waals surface area (Å²) in [7, 11) is -4.25. The molecule has 2 saturated carbocycles. The van der Waals surface area contributed by atoms with Crippen LogP contribution in [-0.2, 0) is 10.0 Å². The van der Waals surface area contributed by atoms with Gasteiger partial charge in [0.25, 0.3) is 15.9 Å². The summed E-state index contributed by atoms with van der Waals surface area (Å²) >= 11 is 0. The number of ether oxygens (including phenoxy) is 1. The van der Waals surface area contributed by atoms with E-state index in [2.05, 4.69) is 38.9 Å². The van der Waals surface area contributed by atoms with Crippen LogP contribution in [0.2, 0.25) is 0 Å². The van der Waals surface area contributed by atoms with Crippen LogP contribution in [0.15, 0.2) is 47.6 Å². The minimum atomic E-state index is -4.25. The molecule has 2 aliphatic carbocycles. The average Bonchev–Trinajstić information content (AvgIpc) is 3.59. The Morgan fingerprint density at radius 1 is 1.11 bits per heavy atom. The fraction of sp³-hybridized carbons (Fsp3) is 0.548. The SMILES string of the molecule is CC1(C)C[C@@H]2CCCNc3cccc(n3)S(=O)(=O)NC(=O)c3ccc(-n4ccc(OC[C@@H](O)C5CCC56CC6)n4)nc3N1C2. The van der Waals surface area contributed by atoms with E-state index in [1.807, 2.05) is 0 Å². The van der Waals surface area contributed by atoms with Crippen molar-refractivity contribution in [2.24, 2.45) is 17.3 Å². The molecule has 3 atom stereocenters. The summed E-state index contributed by atoms with van der Waals surface area (Å²) in [6, 6.07) is 9.63. The third kappa shape index (κ3) is 5.40. The lowest BCUT2D eigenvalue weighted by Gasteiger charge is -2.40. The van der Waals surface area contributed by atoms with Gasteiger partial charge in [-0.25, -0.2) is 19.4 Å². The Morgan fingerprint density at radius 3 is 2.73 bits per heavy atom. The van der Waals surface area contributed by atoms with E-state index < -0.39 is 22.0 Å². The van der Waals surface area contributed by atoms with Crippen LogP contribution in [0.3, 0.4) is 0 Å². The molecule has 5 heterocycles. The van der Waals surface area contributed by atoms with Crippen LogP contribution in [0.25, 0.3) is 5.82 Å². The summed E-state index contributed by atoms with van der Waals surface area (Å²) in [5.74, 6) is 1.56. The van der Waals surface area contributed by atoms with Crippen molar-refractivity contribution in [3.05, 3.63) is 48.2 Å². The highest BCUT2D eigenvalue weighted by Gasteiger charge is 2.57. The number of amides is 1. The van der Waals surface area contributed by atoms with Crippen LogP contribution >= 0.6 is 0 Å². The summed E-state index contributed by atoms with van der Waals surface area (Å²) in [6.07, 6.45) is 8.60. The molecule has 1 amide bonds. The lowest BCUT2D eigenvalue weighted by Crippen LogP contribution is -2.41. The van der Waals surface area contributed by atoms with Crippen molar-refractivity contribution in [1.82, 2.24) is 24.5 Å². The number of aliphatic hydroxyl groups excluding tert-OH is 1. The molecule has 44 heavy (non-hydrogen) atoms. The predicted octanol–water partition coefficient (Wildman–Crippen LogP) is 3.52. The monoisotopic (exact) mass is 621 g/mol. The number of pyridine rings is 2. The van der Waals surface area contributed by atoms with Crippen molar-refractivity contribution in [2.75, 3.05) is 29.9 Å². The second-order valence-corrected chi connectivity index (χ2v) is 15.0. The Bertz CT molecular complexity index is 1690. The van der Waals surface area contributed by atoms with Gasteiger partial charge in [0.15, 0.2) is 10.8 Å². The molecule has 0 radical (unpaired) electrons. The van der Waals surface area contributed by atoms with Crippen molar-refractivity contribution < 1.29 is 23.1 Å². The van der Waals surface area contributed by atoms with Crippen molar-refractivity contribution in [3.63, 3.8) is 0 Å². The maximum atomic E-state index is 13.6. The number of aromatic nitrogens is 4. The van der Waals surface area contributed by atoms with Gasteiger partial charge in [-0.15, -0.1) is 5.10 Å². The Labute approximate surface area is 257 Å². The minimum absolute atomic E-state index is 0.149.